The van der Waals surface area contributed by atoms with E-state index in [1.807, 2.05) is 31.4 Å². The summed E-state index contributed by atoms with van der Waals surface area (Å²) in [5, 5.41) is 1.84. The average Bonchev–Trinajstić information content (AvgIpc) is 3.22. The molecule has 3 rings (SSSR count). The van der Waals surface area contributed by atoms with Gasteiger partial charge in [0, 0.05) is 11.6 Å². The minimum Gasteiger partial charge on any atom is -0.355 e. The molecule has 0 bridgehead atoms. The Morgan fingerprint density at radius 3 is 2.59 bits per heavy atom. The van der Waals surface area contributed by atoms with Gasteiger partial charge in [-0.25, -0.2) is 12.8 Å². The number of carbonyl (C=O) groups is 1. The number of ketones is 1. The van der Waals surface area contributed by atoms with Gasteiger partial charge < -0.3 is 4.98 Å². The van der Waals surface area contributed by atoms with E-state index < -0.39 is 15.8 Å². The topological polar surface area (TPSA) is 79.0 Å². The van der Waals surface area contributed by atoms with Crippen LogP contribution in [0.2, 0.25) is 0 Å². The summed E-state index contributed by atoms with van der Waals surface area (Å²) >= 11 is 1.37. The minimum absolute atomic E-state index is 0.0888. The van der Waals surface area contributed by atoms with Crippen molar-refractivity contribution in [3.8, 4) is 0 Å². The highest BCUT2D eigenvalue weighted by molar-refractivity contribution is 7.92. The number of sulfonamides is 1. The van der Waals surface area contributed by atoms with Crippen molar-refractivity contribution < 1.29 is 17.6 Å². The number of nitrogens with one attached hydrogen (secondary N) is 2. The molecule has 142 valence electrons. The van der Waals surface area contributed by atoms with Gasteiger partial charge in [0.15, 0.2) is 0 Å². The molecular weight excluding hydrogens is 387 g/mol. The van der Waals surface area contributed by atoms with Crippen LogP contribution in [0.3, 0.4) is 0 Å². The maximum absolute atomic E-state index is 14.5. The van der Waals surface area contributed by atoms with E-state index >= 15 is 0 Å². The molecule has 0 aliphatic heterocycles. The Morgan fingerprint density at radius 1 is 1.26 bits per heavy atom. The van der Waals surface area contributed by atoms with Crippen LogP contribution >= 0.6 is 11.3 Å². The van der Waals surface area contributed by atoms with Crippen molar-refractivity contribution >= 4 is 32.8 Å². The molecule has 0 aliphatic carbocycles. The molecule has 0 amide bonds. The first kappa shape index (κ1) is 19.3. The second kappa shape index (κ2) is 7.28. The number of aromatic amines is 1. The van der Waals surface area contributed by atoms with Gasteiger partial charge in [0.1, 0.15) is 5.82 Å². The van der Waals surface area contributed by atoms with Gasteiger partial charge in [-0.2, -0.15) is 0 Å². The average molecular weight is 407 g/mol. The molecule has 0 radical (unpaired) electrons. The molecule has 1 unspecified atom stereocenters. The van der Waals surface area contributed by atoms with Crippen LogP contribution in [0.5, 0.6) is 0 Å². The highest BCUT2D eigenvalue weighted by Crippen LogP contribution is 2.30. The lowest BCUT2D eigenvalue weighted by Crippen LogP contribution is -2.10. The van der Waals surface area contributed by atoms with Gasteiger partial charge in [-0.1, -0.05) is 19.1 Å². The third-order valence-electron chi connectivity index (χ3n) is 4.24. The van der Waals surface area contributed by atoms with Gasteiger partial charge in [-0.05, 0) is 47.7 Å². The normalized spacial score (nSPS) is 12.7. The number of aromatic nitrogens is 1. The third-order valence-corrected chi connectivity index (χ3v) is 5.72. The van der Waals surface area contributed by atoms with Crippen molar-refractivity contribution in [1.29, 1.82) is 0 Å². The van der Waals surface area contributed by atoms with Crippen LogP contribution in [0.25, 0.3) is 0 Å². The van der Waals surface area contributed by atoms with Crippen molar-refractivity contribution in [2.45, 2.75) is 19.8 Å². The maximum Gasteiger partial charge on any atom is 0.229 e. The standard InChI is InChI=1S/C19H19FN2O3S2/c1-11-9-16(21-18(11)19(23)17-5-4-8-26-17)12(2)14-7-6-13(10-15(14)20)22-27(3,24)25/h4-10,12,21-22H,1-3H3. The fraction of sp³-hybridized carbons (Fsp3) is 0.211. The van der Waals surface area contributed by atoms with Crippen LogP contribution in [0, 0.1) is 12.7 Å². The molecule has 0 saturated heterocycles. The van der Waals surface area contributed by atoms with Crippen molar-refractivity contribution in [2.24, 2.45) is 0 Å². The van der Waals surface area contributed by atoms with Crippen molar-refractivity contribution in [2.75, 3.05) is 11.0 Å². The van der Waals surface area contributed by atoms with Gasteiger partial charge in [0.05, 0.1) is 22.5 Å². The van der Waals surface area contributed by atoms with E-state index in [4.69, 9.17) is 0 Å². The summed E-state index contributed by atoms with van der Waals surface area (Å²) in [6, 6.07) is 9.65. The van der Waals surface area contributed by atoms with E-state index in [-0.39, 0.29) is 17.4 Å². The molecule has 5 nitrogen and oxygen atoms in total. The molecule has 8 heteroatoms. The van der Waals surface area contributed by atoms with Crippen LogP contribution in [0.1, 0.15) is 45.0 Å². The molecule has 1 aromatic carbocycles. The number of benzene rings is 1. The third kappa shape index (κ3) is 4.28. The summed E-state index contributed by atoms with van der Waals surface area (Å²) < 4.78 is 39.4. The molecule has 2 N–H and O–H groups in total. The van der Waals surface area contributed by atoms with E-state index in [0.29, 0.717) is 16.1 Å². The van der Waals surface area contributed by atoms with Crippen LogP contribution in [0.4, 0.5) is 10.1 Å². The zero-order chi connectivity index (χ0) is 19.8. The second-order valence-electron chi connectivity index (χ2n) is 6.42. The molecule has 0 saturated carbocycles. The number of rotatable bonds is 6. The highest BCUT2D eigenvalue weighted by Gasteiger charge is 2.21. The van der Waals surface area contributed by atoms with E-state index in [1.165, 1.54) is 17.4 Å². The maximum atomic E-state index is 14.5. The Labute approximate surface area is 161 Å². The monoisotopic (exact) mass is 406 g/mol. The molecule has 0 spiro atoms. The second-order valence-corrected chi connectivity index (χ2v) is 9.12. The number of carbonyl (C=O) groups excluding carboxylic acids is 1. The van der Waals surface area contributed by atoms with Crippen molar-refractivity contribution in [1.82, 2.24) is 4.98 Å². The Kier molecular flexibility index (Phi) is 5.21. The van der Waals surface area contributed by atoms with Crippen LogP contribution in [-0.2, 0) is 10.0 Å². The first-order valence-corrected chi connectivity index (χ1v) is 11.0. The summed E-state index contributed by atoms with van der Waals surface area (Å²) in [5.74, 6) is -0.940. The van der Waals surface area contributed by atoms with E-state index in [2.05, 4.69) is 9.71 Å². The minimum atomic E-state index is -3.47. The van der Waals surface area contributed by atoms with E-state index in [1.54, 1.807) is 12.1 Å². The van der Waals surface area contributed by atoms with Gasteiger partial charge in [-0.3, -0.25) is 9.52 Å². The lowest BCUT2D eigenvalue weighted by atomic mass is 9.97. The Balaban J connectivity index is 1.89. The first-order chi connectivity index (χ1) is 12.7. The molecular formula is C19H19FN2O3S2. The number of thiophene rings is 1. The molecule has 3 aromatic rings. The SMILES string of the molecule is Cc1cc(C(C)c2ccc(NS(C)(=O)=O)cc2F)[nH]c1C(=O)c1cccs1. The number of hydrogen-bond acceptors (Lipinski definition) is 4. The van der Waals surface area contributed by atoms with Gasteiger partial charge in [0.25, 0.3) is 0 Å². The van der Waals surface area contributed by atoms with Gasteiger partial charge in [-0.15, -0.1) is 11.3 Å². The Bertz CT molecular complexity index is 1090. The molecule has 0 fully saturated rings. The largest absolute Gasteiger partial charge is 0.355 e. The zero-order valence-corrected chi connectivity index (χ0v) is 16.7. The van der Waals surface area contributed by atoms with E-state index in [9.17, 15) is 17.6 Å². The Hall–Kier alpha value is -2.45. The molecule has 2 heterocycles. The fourth-order valence-electron chi connectivity index (χ4n) is 2.91. The summed E-state index contributed by atoms with van der Waals surface area (Å²) in [4.78, 5) is 16.4. The lowest BCUT2D eigenvalue weighted by Gasteiger charge is -2.13. The lowest BCUT2D eigenvalue weighted by molar-refractivity contribution is 0.103. The summed E-state index contributed by atoms with van der Waals surface area (Å²) in [5.41, 5.74) is 2.59. The smallest absolute Gasteiger partial charge is 0.229 e. The van der Waals surface area contributed by atoms with Gasteiger partial charge in [0.2, 0.25) is 15.8 Å². The first-order valence-electron chi connectivity index (χ1n) is 8.20. The molecule has 2 aromatic heterocycles. The molecule has 0 aliphatic rings. The van der Waals surface area contributed by atoms with Crippen LogP contribution in [-0.4, -0.2) is 25.4 Å². The van der Waals surface area contributed by atoms with Crippen LogP contribution in [0.15, 0.2) is 41.8 Å². The number of halogens is 1. The number of anilines is 1. The Morgan fingerprint density at radius 2 is 2.00 bits per heavy atom. The molecule has 1 atom stereocenters. The number of aryl methyl sites for hydroxylation is 1. The summed E-state index contributed by atoms with van der Waals surface area (Å²) in [6.07, 6.45) is 1.01. The predicted octanol–water partition coefficient (Wildman–Crippen LogP) is 4.28. The number of hydrogen-bond donors (Lipinski definition) is 2. The fourth-order valence-corrected chi connectivity index (χ4v) is 4.13. The number of H-pyrrole nitrogens is 1. The van der Waals surface area contributed by atoms with Crippen LogP contribution < -0.4 is 4.72 Å². The highest BCUT2D eigenvalue weighted by atomic mass is 32.2. The van der Waals surface area contributed by atoms with E-state index in [0.717, 1.165) is 23.6 Å². The molecule has 27 heavy (non-hydrogen) atoms. The zero-order valence-electron chi connectivity index (χ0n) is 15.0. The van der Waals surface area contributed by atoms with Crippen molar-refractivity contribution in [3.05, 3.63) is 75.0 Å². The quantitative estimate of drug-likeness (QED) is 0.600. The summed E-state index contributed by atoms with van der Waals surface area (Å²) in [7, 11) is -3.47. The summed E-state index contributed by atoms with van der Waals surface area (Å²) in [6.45, 7) is 3.66. The van der Waals surface area contributed by atoms with Crippen molar-refractivity contribution in [3.63, 3.8) is 0 Å². The predicted molar refractivity (Wildman–Crippen MR) is 106 cm³/mol. The van der Waals surface area contributed by atoms with Gasteiger partial charge >= 0.3 is 0 Å².